The zero-order valence-corrected chi connectivity index (χ0v) is 12.0. The van der Waals surface area contributed by atoms with Gasteiger partial charge in [0.15, 0.2) is 0 Å². The molecule has 0 unspecified atom stereocenters. The summed E-state index contributed by atoms with van der Waals surface area (Å²) in [4.78, 5) is 14.0. The monoisotopic (exact) mass is 278 g/mol. The van der Waals surface area contributed by atoms with Gasteiger partial charge in [-0.15, -0.1) is 0 Å². The zero-order valence-electron chi connectivity index (χ0n) is 12.0. The van der Waals surface area contributed by atoms with Crippen molar-refractivity contribution in [2.24, 2.45) is 0 Å². The molecular weight excluding hydrogens is 256 g/mol. The van der Waals surface area contributed by atoms with Gasteiger partial charge in [0.1, 0.15) is 5.75 Å². The van der Waals surface area contributed by atoms with Crippen LogP contribution in [0.5, 0.6) is 5.75 Å². The Bertz CT molecular complexity index is 458. The second-order valence-electron chi connectivity index (χ2n) is 5.24. The number of rotatable bonds is 6. The largest absolute Gasteiger partial charge is 0.489 e. The van der Waals surface area contributed by atoms with Gasteiger partial charge in [-0.05, 0) is 38.8 Å². The number of carbonyl (C=O) groups is 1. The number of nitrogens with one attached hydrogen (secondary N) is 1. The molecule has 20 heavy (non-hydrogen) atoms. The van der Waals surface area contributed by atoms with Gasteiger partial charge in [0.2, 0.25) is 0 Å². The highest BCUT2D eigenvalue weighted by Gasteiger charge is 2.32. The molecule has 2 rings (SSSR count). The van der Waals surface area contributed by atoms with E-state index in [4.69, 9.17) is 9.84 Å². The Labute approximate surface area is 119 Å². The molecule has 0 saturated heterocycles. The van der Waals surface area contributed by atoms with E-state index >= 15 is 0 Å². The number of nitrogens with zero attached hydrogens (tertiary/aromatic N) is 1. The van der Waals surface area contributed by atoms with Gasteiger partial charge in [-0.3, -0.25) is 0 Å². The average Bonchev–Trinajstić information content (AvgIpc) is 3.22. The molecular formula is C15H22N2O3. The molecule has 1 aromatic rings. The van der Waals surface area contributed by atoms with Crippen LogP contribution in [0.1, 0.15) is 26.7 Å². The van der Waals surface area contributed by atoms with Crippen molar-refractivity contribution in [1.82, 2.24) is 4.90 Å². The molecule has 5 heteroatoms. The highest BCUT2D eigenvalue weighted by molar-refractivity contribution is 5.91. The van der Waals surface area contributed by atoms with E-state index in [9.17, 15) is 4.79 Å². The zero-order chi connectivity index (χ0) is 14.5. The van der Waals surface area contributed by atoms with E-state index in [-0.39, 0.29) is 24.8 Å². The molecule has 0 radical (unpaired) electrons. The molecule has 1 aliphatic carbocycles. The quantitative estimate of drug-likeness (QED) is 0.840. The smallest absolute Gasteiger partial charge is 0.322 e. The molecule has 1 saturated carbocycles. The number of carbonyl (C=O) groups excluding carboxylic acids is 1. The summed E-state index contributed by atoms with van der Waals surface area (Å²) < 4.78 is 5.68. The van der Waals surface area contributed by atoms with Crippen molar-refractivity contribution in [2.45, 2.75) is 38.8 Å². The van der Waals surface area contributed by atoms with E-state index in [1.807, 2.05) is 38.1 Å². The molecule has 110 valence electrons. The van der Waals surface area contributed by atoms with Crippen LogP contribution in [-0.4, -0.2) is 41.3 Å². The Morgan fingerprint density at radius 1 is 1.45 bits per heavy atom. The molecule has 5 nitrogen and oxygen atoms in total. The van der Waals surface area contributed by atoms with Gasteiger partial charge in [-0.1, -0.05) is 12.1 Å². The van der Waals surface area contributed by atoms with Gasteiger partial charge >= 0.3 is 6.03 Å². The van der Waals surface area contributed by atoms with Gasteiger partial charge < -0.3 is 20.1 Å². The van der Waals surface area contributed by atoms with Crippen molar-refractivity contribution in [3.8, 4) is 5.75 Å². The van der Waals surface area contributed by atoms with E-state index < -0.39 is 0 Å². The molecule has 0 heterocycles. The lowest BCUT2D eigenvalue weighted by Gasteiger charge is -2.23. The van der Waals surface area contributed by atoms with Crippen molar-refractivity contribution in [3.63, 3.8) is 0 Å². The molecule has 2 N–H and O–H groups in total. The average molecular weight is 278 g/mol. The Kier molecular flexibility index (Phi) is 4.84. The number of ether oxygens (including phenoxy) is 1. The number of benzene rings is 1. The lowest BCUT2D eigenvalue weighted by Crippen LogP contribution is -2.38. The minimum atomic E-state index is -0.179. The summed E-state index contributed by atoms with van der Waals surface area (Å²) in [7, 11) is 0. The summed E-state index contributed by atoms with van der Waals surface area (Å²) >= 11 is 0. The number of urea groups is 1. The van der Waals surface area contributed by atoms with Crippen LogP contribution < -0.4 is 10.1 Å². The van der Waals surface area contributed by atoms with Crippen LogP contribution in [0.15, 0.2) is 24.3 Å². The van der Waals surface area contributed by atoms with Gasteiger partial charge in [-0.2, -0.15) is 0 Å². The second-order valence-corrected chi connectivity index (χ2v) is 5.24. The Morgan fingerprint density at radius 2 is 2.15 bits per heavy atom. The van der Waals surface area contributed by atoms with Crippen LogP contribution in [0.25, 0.3) is 0 Å². The predicted octanol–water partition coefficient (Wildman–Crippen LogP) is 2.46. The summed E-state index contributed by atoms with van der Waals surface area (Å²) in [5.74, 6) is 0.663. The maximum absolute atomic E-state index is 12.3. The van der Waals surface area contributed by atoms with Crippen molar-refractivity contribution in [2.75, 3.05) is 18.5 Å². The first-order chi connectivity index (χ1) is 9.61. The van der Waals surface area contributed by atoms with Gasteiger partial charge in [0, 0.05) is 12.6 Å². The highest BCUT2D eigenvalue weighted by Crippen LogP contribution is 2.29. The number of hydrogen-bond acceptors (Lipinski definition) is 3. The normalized spacial score (nSPS) is 14.2. The molecule has 0 bridgehead atoms. The van der Waals surface area contributed by atoms with Crippen LogP contribution in [0, 0.1) is 0 Å². The topological polar surface area (TPSA) is 61.8 Å². The first-order valence-corrected chi connectivity index (χ1v) is 7.06. The number of para-hydroxylation sites is 2. The van der Waals surface area contributed by atoms with Gasteiger partial charge in [-0.25, -0.2) is 4.79 Å². The van der Waals surface area contributed by atoms with Crippen molar-refractivity contribution < 1.29 is 14.6 Å². The number of aliphatic hydroxyl groups excluding tert-OH is 1. The van der Waals surface area contributed by atoms with Gasteiger partial charge in [0.25, 0.3) is 0 Å². The third kappa shape index (κ3) is 3.87. The predicted molar refractivity (Wildman–Crippen MR) is 78.0 cm³/mol. The molecule has 2 amide bonds. The minimum Gasteiger partial charge on any atom is -0.489 e. The fourth-order valence-corrected chi connectivity index (χ4v) is 2.06. The van der Waals surface area contributed by atoms with Crippen LogP contribution in [-0.2, 0) is 0 Å². The summed E-state index contributed by atoms with van der Waals surface area (Å²) in [5, 5.41) is 11.9. The standard InChI is InChI=1S/C15H22N2O3/c1-11(2)20-14-6-4-3-5-13(14)16-15(19)17(9-10-18)12-7-8-12/h3-6,11-12,18H,7-10H2,1-2H3,(H,16,19). The Balaban J connectivity index is 2.06. The summed E-state index contributed by atoms with van der Waals surface area (Å²) in [6.45, 7) is 4.24. The molecule has 0 atom stereocenters. The molecule has 1 aromatic carbocycles. The Hall–Kier alpha value is -1.75. The summed E-state index contributed by atoms with van der Waals surface area (Å²) in [5.41, 5.74) is 0.662. The van der Waals surface area contributed by atoms with Crippen LogP contribution in [0.4, 0.5) is 10.5 Å². The van der Waals surface area contributed by atoms with E-state index in [2.05, 4.69) is 5.32 Å². The lowest BCUT2D eigenvalue weighted by molar-refractivity contribution is 0.185. The second kappa shape index (κ2) is 6.61. The first-order valence-electron chi connectivity index (χ1n) is 7.06. The summed E-state index contributed by atoms with van der Waals surface area (Å²) in [6, 6.07) is 7.47. The third-order valence-corrected chi connectivity index (χ3v) is 3.08. The first kappa shape index (κ1) is 14.7. The fourth-order valence-electron chi connectivity index (χ4n) is 2.06. The minimum absolute atomic E-state index is 0.0198. The summed E-state index contributed by atoms with van der Waals surface area (Å²) in [6.07, 6.45) is 2.07. The Morgan fingerprint density at radius 3 is 2.75 bits per heavy atom. The number of aliphatic hydroxyl groups is 1. The van der Waals surface area contributed by atoms with Crippen molar-refractivity contribution in [1.29, 1.82) is 0 Å². The SMILES string of the molecule is CC(C)Oc1ccccc1NC(=O)N(CCO)C1CC1. The van der Waals surface area contributed by atoms with Crippen molar-refractivity contribution >= 4 is 11.7 Å². The molecule has 0 aromatic heterocycles. The maximum atomic E-state index is 12.3. The molecule has 1 aliphatic rings. The molecule has 0 aliphatic heterocycles. The number of anilines is 1. The van der Waals surface area contributed by atoms with E-state index in [0.717, 1.165) is 12.8 Å². The molecule has 1 fully saturated rings. The third-order valence-electron chi connectivity index (χ3n) is 3.08. The van der Waals surface area contributed by atoms with Crippen LogP contribution >= 0.6 is 0 Å². The van der Waals surface area contributed by atoms with Crippen LogP contribution in [0.2, 0.25) is 0 Å². The van der Waals surface area contributed by atoms with Gasteiger partial charge in [0.05, 0.1) is 18.4 Å². The highest BCUT2D eigenvalue weighted by atomic mass is 16.5. The van der Waals surface area contributed by atoms with Crippen LogP contribution in [0.3, 0.4) is 0 Å². The van der Waals surface area contributed by atoms with E-state index in [1.54, 1.807) is 4.90 Å². The van der Waals surface area contributed by atoms with E-state index in [0.29, 0.717) is 18.0 Å². The number of amides is 2. The molecule has 0 spiro atoms. The van der Waals surface area contributed by atoms with Crippen molar-refractivity contribution in [3.05, 3.63) is 24.3 Å². The van der Waals surface area contributed by atoms with E-state index in [1.165, 1.54) is 0 Å². The number of hydrogen-bond donors (Lipinski definition) is 2. The fraction of sp³-hybridized carbons (Fsp3) is 0.533. The lowest BCUT2D eigenvalue weighted by atomic mass is 10.3. The maximum Gasteiger partial charge on any atom is 0.322 e.